The molecule has 7 heteroatoms. The molecule has 0 fully saturated rings. The van der Waals surface area contributed by atoms with Crippen LogP contribution in [0.2, 0.25) is 0 Å². The second-order valence-corrected chi connectivity index (χ2v) is 6.45. The van der Waals surface area contributed by atoms with Crippen LogP contribution in [-0.4, -0.2) is 26.6 Å². The summed E-state index contributed by atoms with van der Waals surface area (Å²) >= 11 is 0. The predicted molar refractivity (Wildman–Crippen MR) is 104 cm³/mol. The van der Waals surface area contributed by atoms with Gasteiger partial charge in [-0.1, -0.05) is 17.2 Å². The predicted octanol–water partition coefficient (Wildman–Crippen LogP) is 3.35. The Hall–Kier alpha value is -3.48. The van der Waals surface area contributed by atoms with E-state index in [1.54, 1.807) is 31.2 Å². The number of aromatic nitrogens is 3. The summed E-state index contributed by atoms with van der Waals surface area (Å²) in [4.78, 5) is 28.5. The molecule has 27 heavy (non-hydrogen) atoms. The maximum absolute atomic E-state index is 12.4. The van der Waals surface area contributed by atoms with Crippen molar-refractivity contribution in [3.8, 4) is 0 Å². The van der Waals surface area contributed by atoms with Gasteiger partial charge in [-0.3, -0.25) is 9.59 Å². The van der Waals surface area contributed by atoms with E-state index in [1.807, 2.05) is 32.0 Å². The first kappa shape index (κ1) is 18.3. The van der Waals surface area contributed by atoms with Crippen molar-refractivity contribution in [2.24, 2.45) is 0 Å². The Morgan fingerprint density at radius 3 is 2.11 bits per heavy atom. The average Bonchev–Trinajstić information content (AvgIpc) is 3.16. The number of rotatable bonds is 5. The van der Waals surface area contributed by atoms with Gasteiger partial charge in [0.25, 0.3) is 5.91 Å². The van der Waals surface area contributed by atoms with Crippen LogP contribution in [-0.2, 0) is 4.79 Å². The second kappa shape index (κ2) is 7.82. The Bertz CT molecular complexity index is 929. The summed E-state index contributed by atoms with van der Waals surface area (Å²) in [5.74, 6) is -0.370. The van der Waals surface area contributed by atoms with Crippen molar-refractivity contribution < 1.29 is 9.59 Å². The van der Waals surface area contributed by atoms with E-state index in [1.165, 1.54) is 17.3 Å². The Morgan fingerprint density at radius 2 is 1.56 bits per heavy atom. The molecule has 0 saturated heterocycles. The van der Waals surface area contributed by atoms with Crippen LogP contribution in [0.5, 0.6) is 0 Å². The molecule has 3 aromatic rings. The highest BCUT2D eigenvalue weighted by atomic mass is 16.2. The molecule has 1 atom stereocenters. The van der Waals surface area contributed by atoms with Gasteiger partial charge in [-0.2, -0.15) is 5.10 Å². The summed E-state index contributed by atoms with van der Waals surface area (Å²) in [5.41, 5.74) is 3.99. The molecule has 3 rings (SSSR count). The molecule has 0 aliphatic carbocycles. The molecule has 1 aromatic heterocycles. The Kier molecular flexibility index (Phi) is 5.30. The molecule has 138 valence electrons. The Labute approximate surface area is 157 Å². The van der Waals surface area contributed by atoms with Crippen LogP contribution in [0.3, 0.4) is 0 Å². The van der Waals surface area contributed by atoms with Crippen LogP contribution >= 0.6 is 0 Å². The largest absolute Gasteiger partial charge is 0.324 e. The van der Waals surface area contributed by atoms with Crippen molar-refractivity contribution in [2.75, 3.05) is 10.6 Å². The van der Waals surface area contributed by atoms with Crippen molar-refractivity contribution in [1.29, 1.82) is 0 Å². The number of hydrogen-bond acceptors (Lipinski definition) is 4. The molecule has 0 spiro atoms. The maximum atomic E-state index is 12.4. The van der Waals surface area contributed by atoms with Crippen LogP contribution in [0, 0.1) is 13.8 Å². The number of amides is 2. The summed E-state index contributed by atoms with van der Waals surface area (Å²) in [6.45, 7) is 5.66. The van der Waals surface area contributed by atoms with Gasteiger partial charge in [0, 0.05) is 16.9 Å². The van der Waals surface area contributed by atoms with Gasteiger partial charge < -0.3 is 10.6 Å². The third-order valence-corrected chi connectivity index (χ3v) is 4.11. The van der Waals surface area contributed by atoms with Crippen LogP contribution in [0.15, 0.2) is 55.1 Å². The molecule has 0 aliphatic heterocycles. The van der Waals surface area contributed by atoms with Crippen molar-refractivity contribution >= 4 is 23.2 Å². The first-order chi connectivity index (χ1) is 12.9. The molecule has 2 amide bonds. The zero-order valence-electron chi connectivity index (χ0n) is 15.4. The quantitative estimate of drug-likeness (QED) is 0.727. The van der Waals surface area contributed by atoms with Gasteiger partial charge in [0.15, 0.2) is 0 Å². The summed E-state index contributed by atoms with van der Waals surface area (Å²) < 4.78 is 1.48. The number of aryl methyl sites for hydroxylation is 2. The zero-order valence-corrected chi connectivity index (χ0v) is 15.4. The second-order valence-electron chi connectivity index (χ2n) is 6.45. The molecule has 2 N–H and O–H groups in total. The smallest absolute Gasteiger partial charge is 0.255 e. The van der Waals surface area contributed by atoms with Crippen LogP contribution in [0.4, 0.5) is 11.4 Å². The molecule has 0 bridgehead atoms. The van der Waals surface area contributed by atoms with E-state index in [-0.39, 0.29) is 11.8 Å². The zero-order chi connectivity index (χ0) is 19.4. The van der Waals surface area contributed by atoms with Gasteiger partial charge in [-0.15, -0.1) is 0 Å². The van der Waals surface area contributed by atoms with Gasteiger partial charge in [-0.05, 0) is 57.2 Å². The average molecular weight is 363 g/mol. The molecule has 7 nitrogen and oxygen atoms in total. The minimum Gasteiger partial charge on any atom is -0.324 e. The van der Waals surface area contributed by atoms with Gasteiger partial charge in [0.2, 0.25) is 5.91 Å². The number of hydrogen-bond donors (Lipinski definition) is 2. The normalized spacial score (nSPS) is 11.7. The molecular weight excluding hydrogens is 342 g/mol. The first-order valence-corrected chi connectivity index (χ1v) is 8.57. The van der Waals surface area contributed by atoms with E-state index < -0.39 is 6.04 Å². The third-order valence-electron chi connectivity index (χ3n) is 4.11. The highest BCUT2D eigenvalue weighted by Gasteiger charge is 2.15. The van der Waals surface area contributed by atoms with E-state index in [2.05, 4.69) is 20.7 Å². The number of nitrogens with one attached hydrogen (secondary N) is 2. The highest BCUT2D eigenvalue weighted by molar-refractivity contribution is 6.04. The van der Waals surface area contributed by atoms with Gasteiger partial charge in [0.1, 0.15) is 18.7 Å². The molecular formula is C20H21N5O2. The topological polar surface area (TPSA) is 88.9 Å². The minimum absolute atomic E-state index is 0.168. The third kappa shape index (κ3) is 4.58. The van der Waals surface area contributed by atoms with Crippen molar-refractivity contribution in [2.45, 2.75) is 26.8 Å². The molecule has 0 aliphatic rings. The van der Waals surface area contributed by atoms with Crippen molar-refractivity contribution in [3.05, 3.63) is 71.8 Å². The standard InChI is InChI=1S/C20H21N5O2/c1-13-8-14(2)10-16(9-13)20(27)24-18-6-4-17(5-7-18)23-19(26)15(3)25-12-21-11-22-25/h4-12,15H,1-3H3,(H,23,26)(H,24,27). The van der Waals surface area contributed by atoms with Crippen molar-refractivity contribution in [1.82, 2.24) is 14.8 Å². The fourth-order valence-electron chi connectivity index (χ4n) is 2.73. The molecule has 0 saturated carbocycles. The number of carbonyl (C=O) groups excluding carboxylic acids is 2. The lowest BCUT2D eigenvalue weighted by Crippen LogP contribution is -2.24. The van der Waals surface area contributed by atoms with E-state index in [4.69, 9.17) is 0 Å². The summed E-state index contributed by atoms with van der Waals surface area (Å²) in [5, 5.41) is 9.65. The Balaban J connectivity index is 1.63. The SMILES string of the molecule is Cc1cc(C)cc(C(=O)Nc2ccc(NC(=O)C(C)n3cncn3)cc2)c1. The number of nitrogens with zero attached hydrogens (tertiary/aromatic N) is 3. The van der Waals surface area contributed by atoms with E-state index in [0.717, 1.165) is 11.1 Å². The van der Waals surface area contributed by atoms with E-state index >= 15 is 0 Å². The van der Waals surface area contributed by atoms with Gasteiger partial charge in [0.05, 0.1) is 0 Å². The lowest BCUT2D eigenvalue weighted by Gasteiger charge is -2.12. The van der Waals surface area contributed by atoms with Crippen LogP contribution < -0.4 is 10.6 Å². The molecule has 1 heterocycles. The lowest BCUT2D eigenvalue weighted by molar-refractivity contribution is -0.119. The monoisotopic (exact) mass is 363 g/mol. The minimum atomic E-state index is -0.476. The van der Waals surface area contributed by atoms with Crippen molar-refractivity contribution in [3.63, 3.8) is 0 Å². The van der Waals surface area contributed by atoms with Crippen LogP contribution in [0.1, 0.15) is 34.5 Å². The van der Waals surface area contributed by atoms with Crippen LogP contribution in [0.25, 0.3) is 0 Å². The fourth-order valence-corrected chi connectivity index (χ4v) is 2.73. The summed E-state index contributed by atoms with van der Waals surface area (Å²) in [6.07, 6.45) is 2.88. The first-order valence-electron chi connectivity index (χ1n) is 8.57. The molecule has 1 unspecified atom stereocenters. The fraction of sp³-hybridized carbons (Fsp3) is 0.200. The van der Waals surface area contributed by atoms with E-state index in [0.29, 0.717) is 16.9 Å². The summed E-state index contributed by atoms with van der Waals surface area (Å²) in [6, 6.07) is 12.2. The van der Waals surface area contributed by atoms with Gasteiger partial charge in [-0.25, -0.2) is 9.67 Å². The van der Waals surface area contributed by atoms with Gasteiger partial charge >= 0.3 is 0 Å². The number of benzene rings is 2. The Morgan fingerprint density at radius 1 is 0.963 bits per heavy atom. The highest BCUT2D eigenvalue weighted by Crippen LogP contribution is 2.17. The number of carbonyl (C=O) groups is 2. The number of anilines is 2. The lowest BCUT2D eigenvalue weighted by atomic mass is 10.1. The van der Waals surface area contributed by atoms with E-state index in [9.17, 15) is 9.59 Å². The molecule has 2 aromatic carbocycles. The summed E-state index contributed by atoms with van der Waals surface area (Å²) in [7, 11) is 0. The molecule has 0 radical (unpaired) electrons. The maximum Gasteiger partial charge on any atom is 0.255 e.